The SMILES string of the molecule is Cn1c(CN(C(=O)[C@H]2CCCO2)c2ccccc2)cc2ccccc21. The Bertz CT molecular complexity index is 879. The lowest BCUT2D eigenvalue weighted by molar-refractivity contribution is -0.127. The molecule has 0 unspecified atom stereocenters. The van der Waals surface area contributed by atoms with Crippen molar-refractivity contribution < 1.29 is 9.53 Å². The van der Waals surface area contributed by atoms with Gasteiger partial charge in [-0.3, -0.25) is 4.79 Å². The van der Waals surface area contributed by atoms with Crippen LogP contribution in [0.2, 0.25) is 0 Å². The van der Waals surface area contributed by atoms with Gasteiger partial charge in [-0.05, 0) is 42.5 Å². The van der Waals surface area contributed by atoms with E-state index >= 15 is 0 Å². The van der Waals surface area contributed by atoms with Gasteiger partial charge in [0.05, 0.1) is 6.54 Å². The van der Waals surface area contributed by atoms with E-state index < -0.39 is 0 Å². The molecule has 2 aromatic carbocycles. The third-order valence-electron chi connectivity index (χ3n) is 4.91. The molecule has 0 N–H and O–H groups in total. The number of fused-ring (bicyclic) bond motifs is 1. The maximum atomic E-state index is 13.1. The standard InChI is InChI=1S/C21H22N2O2/c1-22-18(14-16-8-5-6-11-19(16)22)15-23(17-9-3-2-4-10-17)21(24)20-12-7-13-25-20/h2-6,8-11,14,20H,7,12-13,15H2,1H3/t20-/m1/s1. The number of hydrogen-bond donors (Lipinski definition) is 0. The molecule has 0 saturated carbocycles. The Morgan fingerprint density at radius 2 is 1.92 bits per heavy atom. The van der Waals surface area contributed by atoms with Gasteiger partial charge in [-0.1, -0.05) is 36.4 Å². The minimum atomic E-state index is -0.324. The highest BCUT2D eigenvalue weighted by molar-refractivity contribution is 5.96. The molecule has 0 bridgehead atoms. The van der Waals surface area contributed by atoms with E-state index in [1.165, 1.54) is 10.9 Å². The number of nitrogens with zero attached hydrogens (tertiary/aromatic N) is 2. The molecule has 4 nitrogen and oxygen atoms in total. The molecule has 1 atom stereocenters. The molecule has 4 rings (SSSR count). The van der Waals surface area contributed by atoms with Crippen LogP contribution in [0.5, 0.6) is 0 Å². The molecule has 25 heavy (non-hydrogen) atoms. The van der Waals surface area contributed by atoms with Crippen LogP contribution in [0.4, 0.5) is 5.69 Å². The minimum Gasteiger partial charge on any atom is -0.368 e. The second-order valence-electron chi connectivity index (χ2n) is 6.52. The second kappa shape index (κ2) is 6.73. The normalized spacial score (nSPS) is 17.1. The number of carbonyl (C=O) groups excluding carboxylic acids is 1. The number of anilines is 1. The van der Waals surface area contributed by atoms with Crippen LogP contribution in [0.15, 0.2) is 60.7 Å². The van der Waals surface area contributed by atoms with Gasteiger partial charge >= 0.3 is 0 Å². The average molecular weight is 334 g/mol. The zero-order valence-electron chi connectivity index (χ0n) is 14.4. The molecule has 0 radical (unpaired) electrons. The van der Waals surface area contributed by atoms with Crippen molar-refractivity contribution in [3.63, 3.8) is 0 Å². The van der Waals surface area contributed by atoms with Gasteiger partial charge in [-0.25, -0.2) is 0 Å². The first-order valence-corrected chi connectivity index (χ1v) is 8.75. The maximum Gasteiger partial charge on any atom is 0.256 e. The first kappa shape index (κ1) is 15.9. The van der Waals surface area contributed by atoms with Crippen LogP contribution in [0, 0.1) is 0 Å². The molecule has 1 saturated heterocycles. The number of hydrogen-bond acceptors (Lipinski definition) is 2. The van der Waals surface area contributed by atoms with Crippen molar-refractivity contribution >= 4 is 22.5 Å². The van der Waals surface area contributed by atoms with Gasteiger partial charge in [0.2, 0.25) is 0 Å². The predicted octanol–water partition coefficient (Wildman–Crippen LogP) is 3.89. The molecule has 4 heteroatoms. The summed E-state index contributed by atoms with van der Waals surface area (Å²) in [6.07, 6.45) is 1.43. The second-order valence-corrected chi connectivity index (χ2v) is 6.52. The summed E-state index contributed by atoms with van der Waals surface area (Å²) in [6, 6.07) is 20.3. The lowest BCUT2D eigenvalue weighted by Crippen LogP contribution is -2.39. The number of aryl methyl sites for hydroxylation is 1. The van der Waals surface area contributed by atoms with Crippen molar-refractivity contribution in [1.82, 2.24) is 4.57 Å². The third kappa shape index (κ3) is 3.05. The van der Waals surface area contributed by atoms with Crippen LogP contribution in [0.25, 0.3) is 10.9 Å². The van der Waals surface area contributed by atoms with Crippen LogP contribution < -0.4 is 4.90 Å². The van der Waals surface area contributed by atoms with Gasteiger partial charge < -0.3 is 14.2 Å². The molecule has 2 heterocycles. The fourth-order valence-corrected chi connectivity index (χ4v) is 3.51. The topological polar surface area (TPSA) is 34.5 Å². The fourth-order valence-electron chi connectivity index (χ4n) is 3.51. The summed E-state index contributed by atoms with van der Waals surface area (Å²) >= 11 is 0. The van der Waals surface area contributed by atoms with Gasteiger partial charge in [0.15, 0.2) is 0 Å². The Morgan fingerprint density at radius 3 is 2.64 bits per heavy atom. The highest BCUT2D eigenvalue weighted by Crippen LogP contribution is 2.25. The lowest BCUT2D eigenvalue weighted by Gasteiger charge is -2.25. The number of aromatic nitrogens is 1. The van der Waals surface area contributed by atoms with Gasteiger partial charge in [0, 0.05) is 30.6 Å². The Balaban J connectivity index is 1.70. The quantitative estimate of drug-likeness (QED) is 0.725. The number of para-hydroxylation sites is 2. The first-order chi connectivity index (χ1) is 12.2. The Morgan fingerprint density at radius 1 is 1.16 bits per heavy atom. The van der Waals surface area contributed by atoms with E-state index in [0.29, 0.717) is 13.2 Å². The van der Waals surface area contributed by atoms with E-state index in [2.05, 4.69) is 29.8 Å². The molecule has 1 fully saturated rings. The zero-order valence-corrected chi connectivity index (χ0v) is 14.4. The van der Waals surface area contributed by atoms with E-state index in [1.54, 1.807) is 0 Å². The molecule has 1 amide bonds. The molecule has 3 aromatic rings. The van der Waals surface area contributed by atoms with Crippen molar-refractivity contribution in [2.24, 2.45) is 7.05 Å². The third-order valence-corrected chi connectivity index (χ3v) is 4.91. The largest absolute Gasteiger partial charge is 0.368 e. The molecule has 1 aliphatic rings. The van der Waals surface area contributed by atoms with E-state index in [0.717, 1.165) is 24.2 Å². The summed E-state index contributed by atoms with van der Waals surface area (Å²) in [5.41, 5.74) is 3.19. The van der Waals surface area contributed by atoms with Crippen LogP contribution in [0.3, 0.4) is 0 Å². The lowest BCUT2D eigenvalue weighted by atomic mass is 10.2. The van der Waals surface area contributed by atoms with E-state index in [9.17, 15) is 4.79 Å². The van der Waals surface area contributed by atoms with Crippen molar-refractivity contribution in [3.05, 3.63) is 66.4 Å². The van der Waals surface area contributed by atoms with Crippen molar-refractivity contribution in [2.75, 3.05) is 11.5 Å². The highest BCUT2D eigenvalue weighted by atomic mass is 16.5. The smallest absolute Gasteiger partial charge is 0.256 e. The molecule has 1 aliphatic heterocycles. The summed E-state index contributed by atoms with van der Waals surface area (Å²) in [5, 5.41) is 1.19. The van der Waals surface area contributed by atoms with Gasteiger partial charge in [-0.2, -0.15) is 0 Å². The molecule has 0 aliphatic carbocycles. The number of benzene rings is 2. The number of carbonyl (C=O) groups is 1. The van der Waals surface area contributed by atoms with Crippen LogP contribution in [-0.2, 0) is 23.1 Å². The van der Waals surface area contributed by atoms with Crippen LogP contribution in [0.1, 0.15) is 18.5 Å². The summed E-state index contributed by atoms with van der Waals surface area (Å²) in [4.78, 5) is 14.9. The van der Waals surface area contributed by atoms with Crippen molar-refractivity contribution in [1.29, 1.82) is 0 Å². The van der Waals surface area contributed by atoms with Crippen molar-refractivity contribution in [3.8, 4) is 0 Å². The summed E-state index contributed by atoms with van der Waals surface area (Å²) in [7, 11) is 2.05. The number of rotatable bonds is 4. The monoisotopic (exact) mass is 334 g/mol. The summed E-state index contributed by atoms with van der Waals surface area (Å²) in [5.74, 6) is 0.0500. The summed E-state index contributed by atoms with van der Waals surface area (Å²) in [6.45, 7) is 1.21. The van der Waals surface area contributed by atoms with Gasteiger partial charge in [0.25, 0.3) is 5.91 Å². The number of ether oxygens (including phenoxy) is 1. The predicted molar refractivity (Wildman–Crippen MR) is 99.5 cm³/mol. The van der Waals surface area contributed by atoms with Crippen molar-refractivity contribution in [2.45, 2.75) is 25.5 Å². The molecule has 0 spiro atoms. The Hall–Kier alpha value is -2.59. The van der Waals surface area contributed by atoms with Gasteiger partial charge in [-0.15, -0.1) is 0 Å². The molecule has 1 aromatic heterocycles. The maximum absolute atomic E-state index is 13.1. The minimum absolute atomic E-state index is 0.0500. The molecular weight excluding hydrogens is 312 g/mol. The van der Waals surface area contributed by atoms with Crippen LogP contribution in [-0.4, -0.2) is 23.2 Å². The van der Waals surface area contributed by atoms with E-state index in [4.69, 9.17) is 4.74 Å². The van der Waals surface area contributed by atoms with E-state index in [-0.39, 0.29) is 12.0 Å². The summed E-state index contributed by atoms with van der Waals surface area (Å²) < 4.78 is 7.81. The Kier molecular flexibility index (Phi) is 4.28. The first-order valence-electron chi connectivity index (χ1n) is 8.75. The average Bonchev–Trinajstić information content (AvgIpc) is 3.29. The molecular formula is C21H22N2O2. The molecule has 128 valence electrons. The van der Waals surface area contributed by atoms with Gasteiger partial charge in [0.1, 0.15) is 6.10 Å². The number of amides is 1. The van der Waals surface area contributed by atoms with Crippen LogP contribution >= 0.6 is 0 Å². The Labute approximate surface area is 147 Å². The zero-order chi connectivity index (χ0) is 17.2. The highest BCUT2D eigenvalue weighted by Gasteiger charge is 2.29. The van der Waals surface area contributed by atoms with E-state index in [1.807, 2.05) is 47.4 Å². The fraction of sp³-hybridized carbons (Fsp3) is 0.286.